The summed E-state index contributed by atoms with van der Waals surface area (Å²) >= 11 is 0. The maximum Gasteiger partial charge on any atom is 0.228 e. The molecule has 1 aliphatic heterocycles. The lowest BCUT2D eigenvalue weighted by molar-refractivity contribution is -0.135. The molecule has 1 rings (SSSR count). The Morgan fingerprint density at radius 1 is 1.41 bits per heavy atom. The second-order valence-electron chi connectivity index (χ2n) is 4.72. The molecule has 4 atom stereocenters. The first-order chi connectivity index (χ1) is 7.88. The van der Waals surface area contributed by atoms with Crippen molar-refractivity contribution in [3.05, 3.63) is 0 Å². The highest BCUT2D eigenvalue weighted by Gasteiger charge is 2.42. The second kappa shape index (κ2) is 5.35. The predicted molar refractivity (Wildman–Crippen MR) is 63.7 cm³/mol. The Kier molecular flexibility index (Phi) is 4.34. The summed E-state index contributed by atoms with van der Waals surface area (Å²) in [5, 5.41) is 11.3. The molecule has 0 aromatic rings. The topological polar surface area (TPSA) is 88.2 Å². The average molecular weight is 243 g/mol. The number of oxime groups is 1. The number of carbonyl (C=O) groups is 1. The Bertz CT molecular complexity index is 319. The highest BCUT2D eigenvalue weighted by molar-refractivity contribution is 5.88. The van der Waals surface area contributed by atoms with Crippen LogP contribution in [0.25, 0.3) is 0 Å². The van der Waals surface area contributed by atoms with Gasteiger partial charge in [0.25, 0.3) is 0 Å². The fourth-order valence-electron chi connectivity index (χ4n) is 2.30. The molecular weight excluding hydrogens is 222 g/mol. The van der Waals surface area contributed by atoms with Gasteiger partial charge in [0.15, 0.2) is 5.84 Å². The zero-order valence-electron chi connectivity index (χ0n) is 10.8. The maximum absolute atomic E-state index is 12.2. The molecule has 0 saturated carbocycles. The minimum Gasteiger partial charge on any atom is -0.409 e. The number of ether oxygens (including phenoxy) is 1. The van der Waals surface area contributed by atoms with Gasteiger partial charge in [0.2, 0.25) is 5.91 Å². The fourth-order valence-corrected chi connectivity index (χ4v) is 2.30. The van der Waals surface area contributed by atoms with Crippen LogP contribution in [0.3, 0.4) is 0 Å². The van der Waals surface area contributed by atoms with E-state index in [0.29, 0.717) is 0 Å². The Morgan fingerprint density at radius 3 is 2.41 bits per heavy atom. The van der Waals surface area contributed by atoms with Crippen LogP contribution in [0.1, 0.15) is 20.8 Å². The van der Waals surface area contributed by atoms with Crippen LogP contribution in [0, 0.1) is 11.8 Å². The SMILES string of the molecule is CC1OC(C)C(C(=O)N(C)CC(N)=NO)C1C. The first-order valence-electron chi connectivity index (χ1n) is 5.75. The zero-order chi connectivity index (χ0) is 13.2. The van der Waals surface area contributed by atoms with E-state index in [4.69, 9.17) is 15.7 Å². The standard InChI is InChI=1S/C11H21N3O3/c1-6-7(2)17-8(3)10(6)11(15)14(4)5-9(12)13-16/h6-8,10,16H,5H2,1-4H3,(H2,12,13). The van der Waals surface area contributed by atoms with E-state index < -0.39 is 0 Å². The molecule has 0 aromatic heterocycles. The third kappa shape index (κ3) is 2.88. The van der Waals surface area contributed by atoms with Crippen LogP contribution in [-0.2, 0) is 9.53 Å². The van der Waals surface area contributed by atoms with Crippen LogP contribution in [0.5, 0.6) is 0 Å². The molecule has 1 fully saturated rings. The predicted octanol–water partition coefficient (Wildman–Crippen LogP) is 0.251. The van der Waals surface area contributed by atoms with Crippen molar-refractivity contribution < 1.29 is 14.7 Å². The molecule has 6 heteroatoms. The molecular formula is C11H21N3O3. The minimum atomic E-state index is -0.165. The molecule has 0 aliphatic carbocycles. The van der Waals surface area contributed by atoms with E-state index in [9.17, 15) is 4.79 Å². The number of rotatable bonds is 3. The monoisotopic (exact) mass is 243 g/mol. The Morgan fingerprint density at radius 2 is 2.00 bits per heavy atom. The summed E-state index contributed by atoms with van der Waals surface area (Å²) in [7, 11) is 1.64. The molecule has 17 heavy (non-hydrogen) atoms. The van der Waals surface area contributed by atoms with Crippen LogP contribution < -0.4 is 5.73 Å². The van der Waals surface area contributed by atoms with Gasteiger partial charge in [-0.1, -0.05) is 12.1 Å². The summed E-state index contributed by atoms with van der Waals surface area (Å²) in [4.78, 5) is 13.7. The number of carbonyl (C=O) groups excluding carboxylic acids is 1. The van der Waals surface area contributed by atoms with Gasteiger partial charge in [0.1, 0.15) is 0 Å². The minimum absolute atomic E-state index is 0.0214. The Balaban J connectivity index is 2.69. The van der Waals surface area contributed by atoms with Gasteiger partial charge in [0, 0.05) is 7.05 Å². The van der Waals surface area contributed by atoms with E-state index in [1.54, 1.807) is 7.05 Å². The van der Waals surface area contributed by atoms with Gasteiger partial charge in [-0.25, -0.2) is 0 Å². The van der Waals surface area contributed by atoms with Crippen molar-refractivity contribution in [3.8, 4) is 0 Å². The highest BCUT2D eigenvalue weighted by atomic mass is 16.5. The maximum atomic E-state index is 12.2. The van der Waals surface area contributed by atoms with Gasteiger partial charge in [-0.15, -0.1) is 0 Å². The van der Waals surface area contributed by atoms with Gasteiger partial charge >= 0.3 is 0 Å². The van der Waals surface area contributed by atoms with Crippen molar-refractivity contribution in [1.29, 1.82) is 0 Å². The van der Waals surface area contributed by atoms with Crippen LogP contribution in [0.4, 0.5) is 0 Å². The lowest BCUT2D eigenvalue weighted by atomic mass is 9.88. The molecule has 1 aliphatic rings. The van der Waals surface area contributed by atoms with Gasteiger partial charge in [0.05, 0.1) is 24.7 Å². The number of likely N-dealkylation sites (N-methyl/N-ethyl adjacent to an activating group) is 1. The normalized spacial score (nSPS) is 33.8. The van der Waals surface area contributed by atoms with E-state index in [1.165, 1.54) is 4.90 Å². The van der Waals surface area contributed by atoms with Crippen molar-refractivity contribution >= 4 is 11.7 Å². The van der Waals surface area contributed by atoms with Crippen LogP contribution >= 0.6 is 0 Å². The summed E-state index contributed by atoms with van der Waals surface area (Å²) < 4.78 is 5.63. The molecule has 0 spiro atoms. The van der Waals surface area contributed by atoms with Crippen molar-refractivity contribution in [3.63, 3.8) is 0 Å². The first-order valence-corrected chi connectivity index (χ1v) is 5.75. The molecule has 3 N–H and O–H groups in total. The van der Waals surface area contributed by atoms with Gasteiger partial charge in [-0.3, -0.25) is 4.79 Å². The molecule has 98 valence electrons. The Labute approximate surface area is 101 Å². The molecule has 1 saturated heterocycles. The lowest BCUT2D eigenvalue weighted by Crippen LogP contribution is -2.42. The van der Waals surface area contributed by atoms with E-state index in [1.807, 2.05) is 20.8 Å². The second-order valence-corrected chi connectivity index (χ2v) is 4.72. The number of nitrogens with zero attached hydrogens (tertiary/aromatic N) is 2. The summed E-state index contributed by atoms with van der Waals surface area (Å²) in [6.07, 6.45) is -0.0153. The van der Waals surface area contributed by atoms with Crippen LogP contribution in [0.2, 0.25) is 0 Å². The van der Waals surface area contributed by atoms with Crippen molar-refractivity contribution in [2.45, 2.75) is 33.0 Å². The van der Waals surface area contributed by atoms with Crippen LogP contribution in [-0.4, -0.2) is 47.7 Å². The van der Waals surface area contributed by atoms with E-state index in [0.717, 1.165) is 0 Å². The third-order valence-corrected chi connectivity index (χ3v) is 3.43. The fraction of sp³-hybridized carbons (Fsp3) is 0.818. The van der Waals surface area contributed by atoms with Crippen molar-refractivity contribution in [2.75, 3.05) is 13.6 Å². The van der Waals surface area contributed by atoms with Crippen molar-refractivity contribution in [1.82, 2.24) is 4.90 Å². The third-order valence-electron chi connectivity index (χ3n) is 3.43. The van der Waals surface area contributed by atoms with E-state index >= 15 is 0 Å². The molecule has 0 aromatic carbocycles. The highest BCUT2D eigenvalue weighted by Crippen LogP contribution is 2.33. The summed E-state index contributed by atoms with van der Waals surface area (Å²) in [5.74, 6) is 0.00259. The number of amidine groups is 1. The quantitative estimate of drug-likeness (QED) is 0.322. The molecule has 0 radical (unpaired) electrons. The average Bonchev–Trinajstić information content (AvgIpc) is 2.52. The Hall–Kier alpha value is -1.30. The van der Waals surface area contributed by atoms with Crippen molar-refractivity contribution in [2.24, 2.45) is 22.7 Å². The molecule has 0 bridgehead atoms. The first kappa shape index (κ1) is 13.8. The largest absolute Gasteiger partial charge is 0.409 e. The van der Waals surface area contributed by atoms with Gasteiger partial charge < -0.3 is 20.6 Å². The number of hydrogen-bond acceptors (Lipinski definition) is 4. The number of amides is 1. The molecule has 1 amide bonds. The molecule has 1 heterocycles. The zero-order valence-corrected chi connectivity index (χ0v) is 10.8. The number of hydrogen-bond donors (Lipinski definition) is 2. The van der Waals surface area contributed by atoms with E-state index in [2.05, 4.69) is 5.16 Å². The van der Waals surface area contributed by atoms with E-state index in [-0.39, 0.29) is 42.3 Å². The summed E-state index contributed by atoms with van der Waals surface area (Å²) in [6.45, 7) is 6.01. The van der Waals surface area contributed by atoms with Crippen LogP contribution in [0.15, 0.2) is 5.16 Å². The van der Waals surface area contributed by atoms with Gasteiger partial charge in [-0.05, 0) is 19.8 Å². The molecule has 6 nitrogen and oxygen atoms in total. The lowest BCUT2D eigenvalue weighted by Gasteiger charge is -2.24. The smallest absolute Gasteiger partial charge is 0.228 e. The van der Waals surface area contributed by atoms with Gasteiger partial charge in [-0.2, -0.15) is 0 Å². The number of nitrogens with two attached hydrogens (primary N) is 1. The molecule has 4 unspecified atom stereocenters. The summed E-state index contributed by atoms with van der Waals surface area (Å²) in [5.41, 5.74) is 5.38. The summed E-state index contributed by atoms with van der Waals surface area (Å²) in [6, 6.07) is 0.